The fourth-order valence-corrected chi connectivity index (χ4v) is 3.40. The molecule has 0 saturated carbocycles. The van der Waals surface area contributed by atoms with Crippen LogP contribution in [0.2, 0.25) is 5.15 Å². The highest BCUT2D eigenvalue weighted by Crippen LogP contribution is 2.25. The minimum absolute atomic E-state index is 0.620. The molecule has 24 heavy (non-hydrogen) atoms. The molecule has 0 N–H and O–H groups in total. The van der Waals surface area contributed by atoms with E-state index in [4.69, 9.17) is 16.3 Å². The zero-order valence-corrected chi connectivity index (χ0v) is 15.4. The van der Waals surface area contributed by atoms with Gasteiger partial charge in [-0.15, -0.1) is 0 Å². The van der Waals surface area contributed by atoms with Crippen molar-refractivity contribution in [3.05, 3.63) is 35.0 Å². The van der Waals surface area contributed by atoms with E-state index in [9.17, 15) is 0 Å². The van der Waals surface area contributed by atoms with E-state index in [0.717, 1.165) is 41.6 Å². The highest BCUT2D eigenvalue weighted by molar-refractivity contribution is 6.30. The van der Waals surface area contributed by atoms with Crippen molar-refractivity contribution in [2.75, 3.05) is 46.4 Å². The summed E-state index contributed by atoms with van der Waals surface area (Å²) in [5.74, 6) is 0.844. The number of piperazine rings is 1. The monoisotopic (exact) mass is 347 g/mol. The van der Waals surface area contributed by atoms with Gasteiger partial charge in [0, 0.05) is 37.6 Å². The summed E-state index contributed by atoms with van der Waals surface area (Å²) in [6.07, 6.45) is 2.09. The molecule has 0 radical (unpaired) electrons. The summed E-state index contributed by atoms with van der Waals surface area (Å²) < 4.78 is 5.53. The molecule has 1 aliphatic rings. The molecule has 1 aromatic carbocycles. The van der Waals surface area contributed by atoms with Gasteiger partial charge in [-0.3, -0.25) is 0 Å². The van der Waals surface area contributed by atoms with E-state index in [1.807, 2.05) is 19.1 Å². The smallest absolute Gasteiger partial charge is 0.132 e. The SMILES string of the molecule is CCOc1ccc2cc(CCCN3CCN(C)CC3)c(Cl)nc2c1. The van der Waals surface area contributed by atoms with Crippen LogP contribution in [0.4, 0.5) is 0 Å². The van der Waals surface area contributed by atoms with Gasteiger partial charge in [0.1, 0.15) is 10.9 Å². The van der Waals surface area contributed by atoms with Crippen LogP contribution < -0.4 is 4.74 Å². The highest BCUT2D eigenvalue weighted by Gasteiger charge is 2.13. The van der Waals surface area contributed by atoms with E-state index in [-0.39, 0.29) is 0 Å². The Morgan fingerprint density at radius 3 is 2.71 bits per heavy atom. The number of fused-ring (bicyclic) bond motifs is 1. The number of ether oxygens (including phenoxy) is 1. The third-order valence-electron chi connectivity index (χ3n) is 4.64. The molecule has 0 atom stereocenters. The van der Waals surface area contributed by atoms with E-state index in [1.54, 1.807) is 0 Å². The van der Waals surface area contributed by atoms with Crippen LogP contribution in [-0.4, -0.2) is 61.2 Å². The first-order valence-corrected chi connectivity index (χ1v) is 9.16. The molecule has 0 bridgehead atoms. The lowest BCUT2D eigenvalue weighted by molar-refractivity contribution is 0.153. The molecule has 2 aromatic rings. The average molecular weight is 348 g/mol. The van der Waals surface area contributed by atoms with E-state index in [0.29, 0.717) is 11.8 Å². The number of nitrogens with zero attached hydrogens (tertiary/aromatic N) is 3. The number of likely N-dealkylation sites (N-methyl/N-ethyl adjacent to an activating group) is 1. The second-order valence-electron chi connectivity index (χ2n) is 6.47. The van der Waals surface area contributed by atoms with Crippen LogP contribution in [0.5, 0.6) is 5.75 Å². The van der Waals surface area contributed by atoms with Gasteiger partial charge in [0.25, 0.3) is 0 Å². The molecular weight excluding hydrogens is 322 g/mol. The first kappa shape index (κ1) is 17.5. The second kappa shape index (κ2) is 8.15. The summed E-state index contributed by atoms with van der Waals surface area (Å²) in [5, 5.41) is 1.74. The predicted molar refractivity (Wildman–Crippen MR) is 100 cm³/mol. The molecule has 0 unspecified atom stereocenters. The summed E-state index contributed by atoms with van der Waals surface area (Å²) in [6.45, 7) is 8.44. The molecule has 4 nitrogen and oxygen atoms in total. The number of benzene rings is 1. The summed E-state index contributed by atoms with van der Waals surface area (Å²) in [7, 11) is 2.19. The van der Waals surface area contributed by atoms with Gasteiger partial charge in [0.2, 0.25) is 0 Å². The van der Waals surface area contributed by atoms with Crippen molar-refractivity contribution in [2.24, 2.45) is 0 Å². The second-order valence-corrected chi connectivity index (χ2v) is 6.83. The third kappa shape index (κ3) is 4.38. The topological polar surface area (TPSA) is 28.6 Å². The summed E-state index contributed by atoms with van der Waals surface area (Å²) in [6, 6.07) is 8.19. The zero-order valence-electron chi connectivity index (χ0n) is 14.6. The van der Waals surface area contributed by atoms with Crippen LogP contribution in [0, 0.1) is 0 Å². The lowest BCUT2D eigenvalue weighted by Gasteiger charge is -2.32. The Morgan fingerprint density at radius 2 is 1.96 bits per heavy atom. The van der Waals surface area contributed by atoms with Gasteiger partial charge in [0.15, 0.2) is 0 Å². The quantitative estimate of drug-likeness (QED) is 0.748. The molecular formula is C19H26ClN3O. The van der Waals surface area contributed by atoms with Gasteiger partial charge < -0.3 is 14.5 Å². The minimum Gasteiger partial charge on any atom is -0.494 e. The molecule has 1 aromatic heterocycles. The molecule has 1 fully saturated rings. The molecule has 5 heteroatoms. The fourth-order valence-electron chi connectivity index (χ4n) is 3.16. The largest absolute Gasteiger partial charge is 0.494 e. The molecule has 1 aliphatic heterocycles. The minimum atomic E-state index is 0.620. The van der Waals surface area contributed by atoms with Gasteiger partial charge in [-0.2, -0.15) is 0 Å². The Kier molecular flexibility index (Phi) is 5.93. The number of halogens is 1. The Morgan fingerprint density at radius 1 is 1.17 bits per heavy atom. The Balaban J connectivity index is 1.62. The van der Waals surface area contributed by atoms with Crippen LogP contribution >= 0.6 is 11.6 Å². The Bertz CT molecular complexity index is 684. The summed E-state index contributed by atoms with van der Waals surface area (Å²) >= 11 is 6.40. The maximum Gasteiger partial charge on any atom is 0.132 e. The van der Waals surface area contributed by atoms with Gasteiger partial charge in [-0.05, 0) is 57.1 Å². The van der Waals surface area contributed by atoms with E-state index >= 15 is 0 Å². The first-order valence-electron chi connectivity index (χ1n) is 8.78. The van der Waals surface area contributed by atoms with E-state index in [2.05, 4.69) is 34.0 Å². The number of pyridine rings is 1. The van der Waals surface area contributed by atoms with Crippen molar-refractivity contribution in [1.82, 2.24) is 14.8 Å². The van der Waals surface area contributed by atoms with Crippen molar-refractivity contribution in [2.45, 2.75) is 19.8 Å². The van der Waals surface area contributed by atoms with Crippen LogP contribution in [-0.2, 0) is 6.42 Å². The summed E-state index contributed by atoms with van der Waals surface area (Å²) in [4.78, 5) is 9.48. The van der Waals surface area contributed by atoms with Crippen molar-refractivity contribution < 1.29 is 4.74 Å². The van der Waals surface area contributed by atoms with Crippen molar-refractivity contribution in [3.63, 3.8) is 0 Å². The number of hydrogen-bond donors (Lipinski definition) is 0. The highest BCUT2D eigenvalue weighted by atomic mass is 35.5. The molecule has 0 spiro atoms. The predicted octanol–water partition coefficient (Wildman–Crippen LogP) is 3.47. The number of aryl methyl sites for hydroxylation is 1. The van der Waals surface area contributed by atoms with Crippen LogP contribution in [0.25, 0.3) is 10.9 Å². The number of hydrogen-bond acceptors (Lipinski definition) is 4. The standard InChI is InChI=1S/C19H26ClN3O/c1-3-24-17-7-6-15-13-16(19(20)21-18(15)14-17)5-4-8-23-11-9-22(2)10-12-23/h6-7,13-14H,3-5,8-12H2,1-2H3. The maximum absolute atomic E-state index is 6.40. The normalized spacial score (nSPS) is 16.6. The lowest BCUT2D eigenvalue weighted by atomic mass is 10.1. The van der Waals surface area contributed by atoms with Gasteiger partial charge in [-0.1, -0.05) is 11.6 Å². The van der Waals surface area contributed by atoms with E-state index in [1.165, 1.54) is 26.2 Å². The van der Waals surface area contributed by atoms with Crippen LogP contribution in [0.15, 0.2) is 24.3 Å². The average Bonchev–Trinajstić information content (AvgIpc) is 2.57. The van der Waals surface area contributed by atoms with Crippen molar-refractivity contribution in [1.29, 1.82) is 0 Å². The molecule has 0 amide bonds. The van der Waals surface area contributed by atoms with Gasteiger partial charge >= 0.3 is 0 Å². The summed E-state index contributed by atoms with van der Waals surface area (Å²) in [5.41, 5.74) is 2.04. The molecule has 130 valence electrons. The molecule has 2 heterocycles. The van der Waals surface area contributed by atoms with Gasteiger partial charge in [-0.25, -0.2) is 4.98 Å². The lowest BCUT2D eigenvalue weighted by Crippen LogP contribution is -2.44. The number of aromatic nitrogens is 1. The third-order valence-corrected chi connectivity index (χ3v) is 4.97. The van der Waals surface area contributed by atoms with Crippen LogP contribution in [0.3, 0.4) is 0 Å². The molecule has 1 saturated heterocycles. The Labute approximate surface area is 149 Å². The fraction of sp³-hybridized carbons (Fsp3) is 0.526. The molecule has 3 rings (SSSR count). The molecule has 0 aliphatic carbocycles. The van der Waals surface area contributed by atoms with Crippen molar-refractivity contribution in [3.8, 4) is 5.75 Å². The van der Waals surface area contributed by atoms with Gasteiger partial charge in [0.05, 0.1) is 12.1 Å². The van der Waals surface area contributed by atoms with E-state index < -0.39 is 0 Å². The first-order chi connectivity index (χ1) is 11.7. The number of rotatable bonds is 6. The van der Waals surface area contributed by atoms with Crippen LogP contribution in [0.1, 0.15) is 18.9 Å². The maximum atomic E-state index is 6.40. The van der Waals surface area contributed by atoms with Crippen molar-refractivity contribution >= 4 is 22.5 Å². The Hall–Kier alpha value is -1.36. The zero-order chi connectivity index (χ0) is 16.9.